The summed E-state index contributed by atoms with van der Waals surface area (Å²) in [5, 5.41) is 8.31. The molecule has 1 aromatic heterocycles. The van der Waals surface area contributed by atoms with Crippen LogP contribution in [0.1, 0.15) is 5.56 Å². The second-order valence-corrected chi connectivity index (χ2v) is 6.68. The minimum absolute atomic E-state index is 0. The third-order valence-electron chi connectivity index (χ3n) is 4.90. The zero-order valence-electron chi connectivity index (χ0n) is 14.9. The average Bonchev–Trinajstić information content (AvgIpc) is 2.69. The molecule has 0 aliphatic heterocycles. The van der Waals surface area contributed by atoms with Crippen LogP contribution in [0.5, 0.6) is 0 Å². The van der Waals surface area contributed by atoms with E-state index >= 15 is 0 Å². The second kappa shape index (κ2) is 6.90. The molecule has 0 amide bonds. The van der Waals surface area contributed by atoms with Crippen LogP contribution in [-0.4, -0.2) is 4.98 Å². The molecule has 0 aliphatic carbocycles. The van der Waals surface area contributed by atoms with E-state index < -0.39 is 0 Å². The van der Waals surface area contributed by atoms with Crippen molar-refractivity contribution in [2.75, 3.05) is 5.32 Å². The molecular weight excluding hydrogens is 352 g/mol. The van der Waals surface area contributed by atoms with Crippen molar-refractivity contribution in [2.45, 2.75) is 6.92 Å². The van der Waals surface area contributed by atoms with Gasteiger partial charge in [-0.05, 0) is 30.5 Å². The molecule has 132 valence electrons. The Balaban J connectivity index is 0.00000180. The van der Waals surface area contributed by atoms with Gasteiger partial charge in [0.2, 0.25) is 0 Å². The van der Waals surface area contributed by atoms with Gasteiger partial charge in [-0.1, -0.05) is 72.3 Å². The van der Waals surface area contributed by atoms with Gasteiger partial charge >= 0.3 is 0 Å². The summed E-state index contributed by atoms with van der Waals surface area (Å²) < 4.78 is 0. The van der Waals surface area contributed by atoms with Crippen LogP contribution in [0.2, 0.25) is 0 Å². The molecule has 1 N–H and O–H groups in total. The number of anilines is 2. The Morgan fingerprint density at radius 3 is 2.19 bits per heavy atom. The molecule has 0 atom stereocenters. The van der Waals surface area contributed by atoms with Crippen LogP contribution in [0.3, 0.4) is 0 Å². The number of benzene rings is 4. The maximum absolute atomic E-state index is 4.98. The lowest BCUT2D eigenvalue weighted by Crippen LogP contribution is -1.96. The van der Waals surface area contributed by atoms with Gasteiger partial charge in [0, 0.05) is 21.8 Å². The van der Waals surface area contributed by atoms with Gasteiger partial charge in [0.05, 0.1) is 16.7 Å². The van der Waals surface area contributed by atoms with Crippen LogP contribution in [0.25, 0.3) is 32.6 Å². The van der Waals surface area contributed by atoms with Crippen LogP contribution in [0.15, 0.2) is 84.9 Å². The molecule has 0 bridgehead atoms. The summed E-state index contributed by atoms with van der Waals surface area (Å²) in [5.74, 6) is 0. The van der Waals surface area contributed by atoms with Gasteiger partial charge in [0.15, 0.2) is 0 Å². The number of halogens is 1. The summed E-state index contributed by atoms with van der Waals surface area (Å²) in [5.41, 5.74) is 5.50. The van der Waals surface area contributed by atoms with E-state index in [1.165, 1.54) is 16.3 Å². The zero-order valence-corrected chi connectivity index (χ0v) is 15.8. The largest absolute Gasteiger partial charge is 0.354 e. The first-order valence-corrected chi connectivity index (χ1v) is 8.83. The first-order chi connectivity index (χ1) is 12.8. The first kappa shape index (κ1) is 17.3. The van der Waals surface area contributed by atoms with E-state index in [1.807, 2.05) is 6.07 Å². The normalized spacial score (nSPS) is 10.9. The third kappa shape index (κ3) is 2.98. The molecule has 2 nitrogen and oxygen atoms in total. The summed E-state index contributed by atoms with van der Waals surface area (Å²) >= 11 is 0. The molecule has 3 heteroatoms. The number of aryl methyl sites for hydroxylation is 1. The Bertz CT molecular complexity index is 1260. The quantitative estimate of drug-likeness (QED) is 0.267. The number of nitrogens with zero attached hydrogens (tertiary/aromatic N) is 1. The number of pyridine rings is 1. The molecule has 0 radical (unpaired) electrons. The molecule has 0 unspecified atom stereocenters. The lowest BCUT2D eigenvalue weighted by Gasteiger charge is -2.15. The summed E-state index contributed by atoms with van der Waals surface area (Å²) in [7, 11) is 0. The Morgan fingerprint density at radius 1 is 0.667 bits per heavy atom. The van der Waals surface area contributed by atoms with Crippen molar-refractivity contribution in [1.29, 1.82) is 0 Å². The van der Waals surface area contributed by atoms with E-state index in [2.05, 4.69) is 91.1 Å². The molecule has 0 aliphatic rings. The molecule has 0 saturated heterocycles. The fourth-order valence-electron chi connectivity index (χ4n) is 3.54. The lowest BCUT2D eigenvalue weighted by atomic mass is 10.0. The second-order valence-electron chi connectivity index (χ2n) is 6.68. The minimum Gasteiger partial charge on any atom is -0.354 e. The average molecular weight is 371 g/mol. The lowest BCUT2D eigenvalue weighted by molar-refractivity contribution is 1.46. The van der Waals surface area contributed by atoms with Gasteiger partial charge < -0.3 is 5.32 Å². The van der Waals surface area contributed by atoms with E-state index in [0.717, 1.165) is 33.2 Å². The summed E-state index contributed by atoms with van der Waals surface area (Å²) in [6.07, 6.45) is 0. The van der Waals surface area contributed by atoms with Crippen molar-refractivity contribution in [3.63, 3.8) is 0 Å². The first-order valence-electron chi connectivity index (χ1n) is 8.83. The molecule has 4 aromatic carbocycles. The smallest absolute Gasteiger partial charge is 0.0808 e. The van der Waals surface area contributed by atoms with Gasteiger partial charge in [0.1, 0.15) is 0 Å². The van der Waals surface area contributed by atoms with Gasteiger partial charge in [-0.25, -0.2) is 4.98 Å². The van der Waals surface area contributed by atoms with Crippen LogP contribution in [0, 0.1) is 6.92 Å². The van der Waals surface area contributed by atoms with Crippen molar-refractivity contribution in [3.8, 4) is 0 Å². The molecule has 0 spiro atoms. The van der Waals surface area contributed by atoms with E-state index in [-0.39, 0.29) is 12.4 Å². The number of rotatable bonds is 2. The Morgan fingerprint density at radius 2 is 1.37 bits per heavy atom. The number of nitrogens with one attached hydrogen (secondary N) is 1. The van der Waals surface area contributed by atoms with Crippen molar-refractivity contribution in [3.05, 3.63) is 90.5 Å². The molecule has 5 aromatic rings. The highest BCUT2D eigenvalue weighted by Crippen LogP contribution is 2.36. The summed E-state index contributed by atoms with van der Waals surface area (Å²) in [6.45, 7) is 2.10. The number of fused-ring (bicyclic) bond motifs is 4. The van der Waals surface area contributed by atoms with Gasteiger partial charge in [-0.15, -0.1) is 12.4 Å². The number of hydrogen-bond donors (Lipinski definition) is 1. The highest BCUT2D eigenvalue weighted by atomic mass is 35.5. The predicted octanol–water partition coefficient (Wildman–Crippen LogP) is 7.02. The Kier molecular flexibility index (Phi) is 4.43. The monoisotopic (exact) mass is 370 g/mol. The van der Waals surface area contributed by atoms with Crippen LogP contribution >= 0.6 is 12.4 Å². The SMILES string of the molecule is Cc1ccc(Nc2c3ccccc3nc3c2ccc2ccccc23)cc1.Cl. The number of aromatic nitrogens is 1. The van der Waals surface area contributed by atoms with Crippen molar-refractivity contribution < 1.29 is 0 Å². The molecule has 0 saturated carbocycles. The Hall–Kier alpha value is -3.10. The fourth-order valence-corrected chi connectivity index (χ4v) is 3.54. The highest BCUT2D eigenvalue weighted by Gasteiger charge is 2.11. The predicted molar refractivity (Wildman–Crippen MR) is 118 cm³/mol. The van der Waals surface area contributed by atoms with Crippen LogP contribution < -0.4 is 5.32 Å². The number of para-hydroxylation sites is 1. The zero-order chi connectivity index (χ0) is 17.5. The maximum atomic E-state index is 4.98. The maximum Gasteiger partial charge on any atom is 0.0808 e. The van der Waals surface area contributed by atoms with Gasteiger partial charge in [-0.3, -0.25) is 0 Å². The topological polar surface area (TPSA) is 24.9 Å². The van der Waals surface area contributed by atoms with Gasteiger partial charge in [-0.2, -0.15) is 0 Å². The highest BCUT2D eigenvalue weighted by molar-refractivity contribution is 6.16. The molecular formula is C24H19ClN2. The van der Waals surface area contributed by atoms with Crippen molar-refractivity contribution in [1.82, 2.24) is 4.98 Å². The van der Waals surface area contributed by atoms with Gasteiger partial charge in [0.25, 0.3) is 0 Å². The van der Waals surface area contributed by atoms with Crippen molar-refractivity contribution in [2.24, 2.45) is 0 Å². The summed E-state index contributed by atoms with van der Waals surface area (Å²) in [4.78, 5) is 4.98. The number of hydrogen-bond acceptors (Lipinski definition) is 2. The molecule has 5 rings (SSSR count). The minimum atomic E-state index is 0. The third-order valence-corrected chi connectivity index (χ3v) is 4.90. The molecule has 27 heavy (non-hydrogen) atoms. The molecule has 0 fully saturated rings. The Labute approximate surface area is 164 Å². The summed E-state index contributed by atoms with van der Waals surface area (Å²) in [6, 6.07) is 29.6. The standard InChI is InChI=1S/C24H18N2.ClH/c1-16-10-13-18(14-11-16)25-24-20-8-4-5-9-22(20)26-23-19-7-3-2-6-17(19)12-15-21(23)24;/h2-15H,1H3,(H,25,26);1H. The fraction of sp³-hybridized carbons (Fsp3) is 0.0417. The van der Waals surface area contributed by atoms with E-state index in [1.54, 1.807) is 0 Å². The van der Waals surface area contributed by atoms with Crippen molar-refractivity contribution >= 4 is 56.4 Å². The van der Waals surface area contributed by atoms with E-state index in [0.29, 0.717) is 0 Å². The van der Waals surface area contributed by atoms with Crippen LogP contribution in [0.4, 0.5) is 11.4 Å². The van der Waals surface area contributed by atoms with E-state index in [4.69, 9.17) is 4.98 Å². The van der Waals surface area contributed by atoms with Crippen LogP contribution in [-0.2, 0) is 0 Å². The van der Waals surface area contributed by atoms with E-state index in [9.17, 15) is 0 Å². The molecule has 1 heterocycles.